The summed E-state index contributed by atoms with van der Waals surface area (Å²) in [5.41, 5.74) is 11.1. The van der Waals surface area contributed by atoms with E-state index in [0.29, 0.717) is 0 Å². The van der Waals surface area contributed by atoms with Gasteiger partial charge in [0.15, 0.2) is 0 Å². The van der Waals surface area contributed by atoms with Crippen LogP contribution >= 0.6 is 16.5 Å². The highest BCUT2D eigenvalue weighted by molar-refractivity contribution is 7.46. The van der Waals surface area contributed by atoms with Gasteiger partial charge in [0.1, 0.15) is 22.3 Å². The highest BCUT2D eigenvalue weighted by Gasteiger charge is 2.32. The molecule has 0 aliphatic rings. The van der Waals surface area contributed by atoms with Gasteiger partial charge in [0, 0.05) is 43.8 Å². The van der Waals surface area contributed by atoms with Gasteiger partial charge in [-0.25, -0.2) is 0 Å². The number of benzene rings is 4. The Hall–Kier alpha value is -3.36. The summed E-state index contributed by atoms with van der Waals surface area (Å²) in [4.78, 5) is 0. The molecule has 63 heavy (non-hydrogen) atoms. The Bertz CT molecular complexity index is 2430. The molecule has 0 bridgehead atoms. The van der Waals surface area contributed by atoms with Gasteiger partial charge in [-0.2, -0.15) is 4.31 Å². The minimum atomic E-state index is -2.13. The zero-order valence-electron chi connectivity index (χ0n) is 43.6. The smallest absolute Gasteiger partial charge is 0.398 e. The highest BCUT2D eigenvalue weighted by atomic mass is 31.2. The Morgan fingerprint density at radius 1 is 0.270 bits per heavy atom. The third-order valence-corrected chi connectivity index (χ3v) is 14.8. The van der Waals surface area contributed by atoms with E-state index in [2.05, 4.69) is 215 Å². The number of hydrogen-bond acceptors (Lipinski definition) is 5. The van der Waals surface area contributed by atoms with Crippen molar-refractivity contribution in [1.29, 1.82) is 0 Å². The lowest BCUT2D eigenvalue weighted by atomic mass is 9.77. The molecule has 0 N–H and O–H groups in total. The fourth-order valence-electron chi connectivity index (χ4n) is 8.13. The maximum absolute atomic E-state index is 7.28. The van der Waals surface area contributed by atoms with Crippen molar-refractivity contribution in [2.24, 2.45) is 0 Å². The third-order valence-electron chi connectivity index (χ3n) is 12.4. The zero-order chi connectivity index (χ0) is 47.6. The molecular weight excluding hydrogens is 815 g/mol. The molecule has 2 aromatic heterocycles. The molecule has 6 rings (SSSR count). The van der Waals surface area contributed by atoms with E-state index in [1.54, 1.807) is 0 Å². The summed E-state index contributed by atoms with van der Waals surface area (Å²) < 4.78 is 36.3. The van der Waals surface area contributed by atoms with Crippen molar-refractivity contribution in [2.45, 2.75) is 209 Å². The van der Waals surface area contributed by atoms with Crippen molar-refractivity contribution >= 4 is 60.4 Å². The van der Waals surface area contributed by atoms with Crippen LogP contribution in [0.5, 0.6) is 0 Å². The lowest BCUT2D eigenvalue weighted by Crippen LogP contribution is -2.17. The molecule has 0 unspecified atom stereocenters. The first kappa shape index (κ1) is 49.1. The summed E-state index contributed by atoms with van der Waals surface area (Å²) in [6.07, 6.45) is 0. The van der Waals surface area contributed by atoms with Crippen molar-refractivity contribution in [2.75, 3.05) is 0 Å². The Morgan fingerprint density at radius 3 is 0.587 bits per heavy atom. The monoisotopic (exact) mass is 895 g/mol. The van der Waals surface area contributed by atoms with Crippen LogP contribution in [-0.4, -0.2) is 0 Å². The Morgan fingerprint density at radius 2 is 0.444 bits per heavy atom. The summed E-state index contributed by atoms with van der Waals surface area (Å²) in [6.45, 7) is 54.5. The fraction of sp³-hybridized carbons (Fsp3) is 0.571. The van der Waals surface area contributed by atoms with E-state index in [1.165, 1.54) is 22.3 Å². The molecule has 5 nitrogen and oxygen atoms in total. The summed E-state index contributed by atoms with van der Waals surface area (Å²) in [5, 5.41) is 4.09. The molecule has 0 amide bonds. The molecule has 0 radical (unpaired) electrons. The van der Waals surface area contributed by atoms with Crippen molar-refractivity contribution in [1.82, 2.24) is 0 Å². The van der Waals surface area contributed by atoms with Crippen LogP contribution in [0.15, 0.2) is 65.3 Å². The van der Waals surface area contributed by atoms with Crippen LogP contribution < -0.4 is 4.31 Å². The van der Waals surface area contributed by atoms with Crippen LogP contribution in [0.4, 0.5) is 0 Å². The minimum absolute atomic E-state index is 0.112. The Kier molecular flexibility index (Phi) is 12.2. The molecule has 6 aromatic rings. The second-order valence-electron chi connectivity index (χ2n) is 26.5. The van der Waals surface area contributed by atoms with Crippen LogP contribution in [0.3, 0.4) is 0 Å². The Labute approximate surface area is 382 Å². The van der Waals surface area contributed by atoms with Gasteiger partial charge >= 0.3 is 16.5 Å². The minimum Gasteiger partial charge on any atom is -0.398 e. The number of rotatable bonds is 2. The van der Waals surface area contributed by atoms with E-state index in [1.807, 2.05) is 0 Å². The van der Waals surface area contributed by atoms with Gasteiger partial charge in [-0.05, 0) is 89.8 Å². The van der Waals surface area contributed by atoms with Crippen LogP contribution in [0.2, 0.25) is 0 Å². The standard InChI is InChI=1S/C56H80O5P2/c1-49(2,3)33-25-37-38-26-34(50(4,5)6)30-42(54(16,17)18)46(38)58-62(57-45(37)41(29-33)53(13,14)15)61-63-59-47-39(27-35(51(7,8)9)31-43(47)55(19,20)21)40-28-36(52(10,11)12)32-44(48(40)60-63)56(22,23)24/h25-32H,1-24H3. The van der Waals surface area contributed by atoms with Gasteiger partial charge in [0.2, 0.25) is 0 Å². The van der Waals surface area contributed by atoms with Crippen molar-refractivity contribution < 1.29 is 21.1 Å². The van der Waals surface area contributed by atoms with E-state index in [-0.39, 0.29) is 43.3 Å². The first-order chi connectivity index (χ1) is 28.3. The molecule has 0 atom stereocenters. The third kappa shape index (κ3) is 10.1. The topological polar surface area (TPSA) is 61.8 Å². The summed E-state index contributed by atoms with van der Waals surface area (Å²) in [7, 11) is -4.27. The predicted octanol–water partition coefficient (Wildman–Crippen LogP) is 19.2. The number of fused-ring (bicyclic) bond motifs is 6. The van der Waals surface area contributed by atoms with Gasteiger partial charge in [0.05, 0.1) is 0 Å². The molecule has 0 saturated carbocycles. The van der Waals surface area contributed by atoms with Crippen LogP contribution in [0, 0.1) is 0 Å². The van der Waals surface area contributed by atoms with Crippen LogP contribution in [-0.2, 0) is 43.3 Å². The first-order valence-electron chi connectivity index (χ1n) is 23.0. The zero-order valence-corrected chi connectivity index (χ0v) is 45.3. The van der Waals surface area contributed by atoms with Gasteiger partial charge < -0.3 is 16.8 Å². The van der Waals surface area contributed by atoms with Gasteiger partial charge in [-0.3, -0.25) is 0 Å². The summed E-state index contributed by atoms with van der Waals surface area (Å²) in [6, 6.07) is 18.6. The number of hydrogen-bond donors (Lipinski definition) is 0. The average molecular weight is 895 g/mol. The molecule has 0 fully saturated rings. The molecule has 0 spiro atoms. The van der Waals surface area contributed by atoms with Gasteiger partial charge in [-0.15, -0.1) is 0 Å². The maximum atomic E-state index is 7.28. The average Bonchev–Trinajstić information content (AvgIpc) is 3.33. The quantitative estimate of drug-likeness (QED) is 0.173. The molecule has 0 aliphatic carbocycles. The summed E-state index contributed by atoms with van der Waals surface area (Å²) >= 11 is 0. The Balaban J connectivity index is 1.90. The molecule has 2 heterocycles. The molecule has 4 aromatic carbocycles. The lowest BCUT2D eigenvalue weighted by Gasteiger charge is -2.27. The highest BCUT2D eigenvalue weighted by Crippen LogP contribution is 2.50. The molecule has 0 saturated heterocycles. The van der Waals surface area contributed by atoms with Crippen LogP contribution in [0.25, 0.3) is 43.9 Å². The second-order valence-corrected chi connectivity index (χ2v) is 28.8. The first-order valence-corrected chi connectivity index (χ1v) is 25.2. The largest absolute Gasteiger partial charge is 0.400 e. The maximum Gasteiger partial charge on any atom is 0.400 e. The summed E-state index contributed by atoms with van der Waals surface area (Å²) in [5.74, 6) is 0. The molecule has 7 heteroatoms. The predicted molar refractivity (Wildman–Crippen MR) is 274 cm³/mol. The van der Waals surface area contributed by atoms with E-state index in [4.69, 9.17) is 21.1 Å². The second kappa shape index (κ2) is 15.6. The van der Waals surface area contributed by atoms with Crippen molar-refractivity contribution in [3.8, 4) is 0 Å². The van der Waals surface area contributed by atoms with Gasteiger partial charge in [-0.1, -0.05) is 190 Å². The van der Waals surface area contributed by atoms with E-state index >= 15 is 0 Å². The van der Waals surface area contributed by atoms with E-state index in [9.17, 15) is 0 Å². The van der Waals surface area contributed by atoms with Crippen molar-refractivity contribution in [3.05, 3.63) is 93.0 Å². The molecule has 0 aliphatic heterocycles. The van der Waals surface area contributed by atoms with Gasteiger partial charge in [0.25, 0.3) is 0 Å². The molecular formula is C56H80O5P2. The van der Waals surface area contributed by atoms with Crippen molar-refractivity contribution in [3.63, 3.8) is 0 Å². The molecule has 344 valence electrons. The van der Waals surface area contributed by atoms with E-state index < -0.39 is 16.5 Å². The van der Waals surface area contributed by atoms with Crippen LogP contribution in [0.1, 0.15) is 211 Å². The lowest BCUT2D eigenvalue weighted by molar-refractivity contribution is 0.491. The fourth-order valence-corrected chi connectivity index (χ4v) is 10.6. The SMILES string of the molecule is CC(C)(C)c1cc(C(C)(C)C)c2op(Op3oc4c(C(C)(C)C)cc(C(C)(C)C)cc4c4cc(C(C)(C)C)cc(C(C)(C)C)c4o3)oc3c(C(C)(C)C)cc(C(C)(C)C)cc3c2c1. The normalized spacial score (nSPS) is 14.1. The van der Waals surface area contributed by atoms with E-state index in [0.717, 1.165) is 66.1 Å².